The van der Waals surface area contributed by atoms with Gasteiger partial charge in [0.05, 0.1) is 0 Å². The third-order valence-corrected chi connectivity index (χ3v) is 3.34. The highest BCUT2D eigenvalue weighted by molar-refractivity contribution is 6.31. The molecule has 1 rings (SSSR count). The van der Waals surface area contributed by atoms with Crippen molar-refractivity contribution in [2.24, 2.45) is 11.8 Å². The molecule has 0 aromatic heterocycles. The van der Waals surface area contributed by atoms with Gasteiger partial charge in [-0.05, 0) is 48.4 Å². The highest BCUT2D eigenvalue weighted by Gasteiger charge is 2.15. The maximum absolute atomic E-state index is 13.4. The van der Waals surface area contributed by atoms with E-state index in [0.717, 1.165) is 5.56 Å². The van der Waals surface area contributed by atoms with Crippen LogP contribution in [0.5, 0.6) is 0 Å². The van der Waals surface area contributed by atoms with E-state index < -0.39 is 0 Å². The minimum Gasteiger partial charge on any atom is -0.396 e. The number of benzene rings is 1. The predicted octanol–water partition coefficient (Wildman–Crippen LogP) is 3.59. The van der Waals surface area contributed by atoms with Gasteiger partial charge in [-0.25, -0.2) is 4.39 Å². The van der Waals surface area contributed by atoms with E-state index >= 15 is 0 Å². The molecule has 0 saturated carbocycles. The fourth-order valence-electron chi connectivity index (χ4n) is 1.64. The van der Waals surface area contributed by atoms with Crippen molar-refractivity contribution in [1.29, 1.82) is 0 Å². The Bertz CT molecular complexity index is 363. The van der Waals surface area contributed by atoms with E-state index in [2.05, 4.69) is 0 Å². The van der Waals surface area contributed by atoms with Crippen LogP contribution in [0.15, 0.2) is 12.1 Å². The van der Waals surface area contributed by atoms with Gasteiger partial charge in [0.2, 0.25) is 0 Å². The highest BCUT2D eigenvalue weighted by atomic mass is 35.5. The molecule has 1 N–H and O–H groups in total. The Morgan fingerprint density at radius 2 is 2.00 bits per heavy atom. The van der Waals surface area contributed by atoms with Gasteiger partial charge in [-0.3, -0.25) is 0 Å². The number of halogens is 2. The largest absolute Gasteiger partial charge is 0.396 e. The first-order valence-corrected chi connectivity index (χ1v) is 5.88. The number of rotatable bonds is 4. The molecular weight excluding hydrogens is 227 g/mol. The number of hydrogen-bond acceptors (Lipinski definition) is 1. The molecule has 0 radical (unpaired) electrons. The van der Waals surface area contributed by atoms with Gasteiger partial charge in [-0.2, -0.15) is 0 Å². The molecule has 0 heterocycles. The zero-order valence-electron chi connectivity index (χ0n) is 9.93. The van der Waals surface area contributed by atoms with Crippen molar-refractivity contribution in [1.82, 2.24) is 0 Å². The lowest BCUT2D eigenvalue weighted by Crippen LogP contribution is -2.16. The maximum Gasteiger partial charge on any atom is 0.126 e. The zero-order valence-corrected chi connectivity index (χ0v) is 10.7. The van der Waals surface area contributed by atoms with E-state index in [1.807, 2.05) is 13.8 Å². The summed E-state index contributed by atoms with van der Waals surface area (Å²) in [6.07, 6.45) is 0.615. The average molecular weight is 245 g/mol. The van der Waals surface area contributed by atoms with Crippen LogP contribution < -0.4 is 0 Å². The third kappa shape index (κ3) is 3.19. The van der Waals surface area contributed by atoms with Gasteiger partial charge in [0, 0.05) is 11.6 Å². The Morgan fingerprint density at radius 3 is 2.50 bits per heavy atom. The number of aliphatic hydroxyl groups excluding tert-OH is 1. The molecule has 0 amide bonds. The molecule has 0 aliphatic carbocycles. The second-order valence-electron chi connectivity index (χ2n) is 4.58. The second-order valence-corrected chi connectivity index (χ2v) is 4.99. The number of aliphatic hydroxyl groups is 1. The topological polar surface area (TPSA) is 20.2 Å². The third-order valence-electron chi connectivity index (χ3n) is 2.99. The smallest absolute Gasteiger partial charge is 0.126 e. The first-order valence-electron chi connectivity index (χ1n) is 5.51. The Hall–Kier alpha value is -0.600. The maximum atomic E-state index is 13.4. The van der Waals surface area contributed by atoms with Crippen LogP contribution in [0.3, 0.4) is 0 Å². The number of aryl methyl sites for hydroxylation is 1. The van der Waals surface area contributed by atoms with Crippen LogP contribution >= 0.6 is 11.6 Å². The van der Waals surface area contributed by atoms with Gasteiger partial charge < -0.3 is 5.11 Å². The molecule has 3 heteroatoms. The summed E-state index contributed by atoms with van der Waals surface area (Å²) < 4.78 is 13.4. The van der Waals surface area contributed by atoms with E-state index in [4.69, 9.17) is 11.6 Å². The minimum atomic E-state index is -0.236. The summed E-state index contributed by atoms with van der Waals surface area (Å²) in [6.45, 7) is 5.87. The molecule has 0 fully saturated rings. The molecule has 90 valence electrons. The van der Waals surface area contributed by atoms with Crippen LogP contribution in [-0.4, -0.2) is 11.7 Å². The lowest BCUT2D eigenvalue weighted by Gasteiger charge is -2.19. The van der Waals surface area contributed by atoms with E-state index in [1.165, 1.54) is 6.07 Å². The molecule has 1 aromatic rings. The summed E-state index contributed by atoms with van der Waals surface area (Å²) in [7, 11) is 0. The molecule has 0 aliphatic heterocycles. The van der Waals surface area contributed by atoms with Crippen LogP contribution in [0.2, 0.25) is 5.02 Å². The Morgan fingerprint density at radius 1 is 1.38 bits per heavy atom. The van der Waals surface area contributed by atoms with Crippen LogP contribution in [-0.2, 0) is 6.42 Å². The Balaban J connectivity index is 2.92. The first kappa shape index (κ1) is 13.5. The molecule has 0 saturated heterocycles. The van der Waals surface area contributed by atoms with Gasteiger partial charge in [0.15, 0.2) is 0 Å². The van der Waals surface area contributed by atoms with Crippen LogP contribution in [0.1, 0.15) is 25.0 Å². The summed E-state index contributed by atoms with van der Waals surface area (Å²) in [5, 5.41) is 9.82. The lowest BCUT2D eigenvalue weighted by atomic mass is 9.89. The molecular formula is C13H18ClFO. The molecule has 1 nitrogen and oxygen atoms in total. The SMILES string of the molecule is Cc1cc(Cl)c(CC(CO)C(C)C)cc1F. The Labute approximate surface area is 101 Å². The predicted molar refractivity (Wildman–Crippen MR) is 65.3 cm³/mol. The molecule has 1 unspecified atom stereocenters. The molecule has 1 atom stereocenters. The van der Waals surface area contributed by atoms with Gasteiger partial charge >= 0.3 is 0 Å². The van der Waals surface area contributed by atoms with E-state index in [1.54, 1.807) is 13.0 Å². The van der Waals surface area contributed by atoms with Crippen LogP contribution in [0.4, 0.5) is 4.39 Å². The second kappa shape index (κ2) is 5.65. The fraction of sp³-hybridized carbons (Fsp3) is 0.538. The summed E-state index contributed by atoms with van der Waals surface area (Å²) in [4.78, 5) is 0. The van der Waals surface area contributed by atoms with Crippen molar-refractivity contribution in [3.05, 3.63) is 34.1 Å². The normalized spacial score (nSPS) is 13.2. The van der Waals surface area contributed by atoms with Crippen molar-refractivity contribution >= 4 is 11.6 Å². The van der Waals surface area contributed by atoms with Crippen molar-refractivity contribution in [3.8, 4) is 0 Å². The highest BCUT2D eigenvalue weighted by Crippen LogP contribution is 2.25. The van der Waals surface area contributed by atoms with Crippen LogP contribution in [0.25, 0.3) is 0 Å². The van der Waals surface area contributed by atoms with Gasteiger partial charge in [-0.1, -0.05) is 25.4 Å². The minimum absolute atomic E-state index is 0.101. The van der Waals surface area contributed by atoms with E-state index in [-0.39, 0.29) is 18.3 Å². The summed E-state index contributed by atoms with van der Waals surface area (Å²) in [6, 6.07) is 3.11. The fourth-order valence-corrected chi connectivity index (χ4v) is 1.93. The van der Waals surface area contributed by atoms with Crippen molar-refractivity contribution < 1.29 is 9.50 Å². The summed E-state index contributed by atoms with van der Waals surface area (Å²) in [5.74, 6) is 0.241. The summed E-state index contributed by atoms with van der Waals surface area (Å²) >= 11 is 6.06. The quantitative estimate of drug-likeness (QED) is 0.858. The van der Waals surface area contributed by atoms with Crippen molar-refractivity contribution in [2.45, 2.75) is 27.2 Å². The van der Waals surface area contributed by atoms with E-state index in [0.29, 0.717) is 22.9 Å². The van der Waals surface area contributed by atoms with E-state index in [9.17, 15) is 9.50 Å². The van der Waals surface area contributed by atoms with Gasteiger partial charge in [-0.15, -0.1) is 0 Å². The zero-order chi connectivity index (χ0) is 12.3. The molecule has 0 bridgehead atoms. The van der Waals surface area contributed by atoms with Crippen molar-refractivity contribution in [2.75, 3.05) is 6.61 Å². The standard InChI is InChI=1S/C13H18ClFO/c1-8(2)11(7-16)5-10-6-13(15)9(3)4-12(10)14/h4,6,8,11,16H,5,7H2,1-3H3. The van der Waals surface area contributed by atoms with Crippen LogP contribution in [0, 0.1) is 24.6 Å². The monoisotopic (exact) mass is 244 g/mol. The molecule has 16 heavy (non-hydrogen) atoms. The summed E-state index contributed by atoms with van der Waals surface area (Å²) in [5.41, 5.74) is 1.33. The average Bonchev–Trinajstić information content (AvgIpc) is 2.21. The van der Waals surface area contributed by atoms with Crippen molar-refractivity contribution in [3.63, 3.8) is 0 Å². The lowest BCUT2D eigenvalue weighted by molar-refractivity contribution is 0.189. The molecule has 0 aliphatic rings. The molecule has 0 spiro atoms. The molecule has 1 aromatic carbocycles. The number of hydrogen-bond donors (Lipinski definition) is 1. The first-order chi connectivity index (χ1) is 7.45. The Kier molecular flexibility index (Phi) is 4.75. The van der Waals surface area contributed by atoms with Gasteiger partial charge in [0.25, 0.3) is 0 Å². The van der Waals surface area contributed by atoms with Gasteiger partial charge in [0.1, 0.15) is 5.82 Å².